The van der Waals surface area contributed by atoms with E-state index in [1.807, 2.05) is 13.8 Å². The summed E-state index contributed by atoms with van der Waals surface area (Å²) in [6.45, 7) is 3.85. The third-order valence-electron chi connectivity index (χ3n) is 1.34. The molecule has 0 aromatic carbocycles. The van der Waals surface area contributed by atoms with Gasteiger partial charge in [-0.2, -0.15) is 0 Å². The molecule has 0 unspecified atom stereocenters. The summed E-state index contributed by atoms with van der Waals surface area (Å²) in [6, 6.07) is 0. The smallest absolute Gasteiger partial charge is 0.122 e. The van der Waals surface area contributed by atoms with Crippen LogP contribution in [0.3, 0.4) is 0 Å². The molecular formula is C7H14O2. The van der Waals surface area contributed by atoms with Crippen LogP contribution < -0.4 is 0 Å². The molecule has 0 aromatic heterocycles. The summed E-state index contributed by atoms with van der Waals surface area (Å²) in [7, 11) is 1.65. The van der Waals surface area contributed by atoms with Crippen molar-refractivity contribution in [3.8, 4) is 0 Å². The third-order valence-corrected chi connectivity index (χ3v) is 1.34. The molecule has 54 valence electrons. The van der Waals surface area contributed by atoms with E-state index in [1.54, 1.807) is 7.11 Å². The van der Waals surface area contributed by atoms with Crippen LogP contribution in [-0.4, -0.2) is 19.5 Å². The number of methoxy groups -OCH3 is 1. The van der Waals surface area contributed by atoms with Crippen LogP contribution in [0.5, 0.6) is 0 Å². The molecule has 0 aliphatic carbocycles. The monoisotopic (exact) mass is 130 g/mol. The van der Waals surface area contributed by atoms with Crippen LogP contribution in [0.4, 0.5) is 0 Å². The van der Waals surface area contributed by atoms with Gasteiger partial charge in [0.05, 0.1) is 6.10 Å². The summed E-state index contributed by atoms with van der Waals surface area (Å²) in [6.07, 6.45) is 1.97. The van der Waals surface area contributed by atoms with E-state index in [1.165, 1.54) is 0 Å². The van der Waals surface area contributed by atoms with Crippen LogP contribution in [0.15, 0.2) is 0 Å². The first kappa shape index (κ1) is 8.63. The molecule has 2 nitrogen and oxygen atoms in total. The SMILES string of the molecule is CO[C@@H](C)C[C@@H](C)C=O. The van der Waals surface area contributed by atoms with E-state index in [2.05, 4.69) is 0 Å². The van der Waals surface area contributed by atoms with Crippen LogP contribution in [0, 0.1) is 5.92 Å². The molecule has 0 rings (SSSR count). The predicted octanol–water partition coefficient (Wildman–Crippen LogP) is 1.25. The summed E-state index contributed by atoms with van der Waals surface area (Å²) in [5.74, 6) is 0.125. The van der Waals surface area contributed by atoms with Gasteiger partial charge in [0.25, 0.3) is 0 Å². The number of rotatable bonds is 4. The quantitative estimate of drug-likeness (QED) is 0.535. The van der Waals surface area contributed by atoms with E-state index in [9.17, 15) is 4.79 Å². The summed E-state index contributed by atoms with van der Waals surface area (Å²) in [5.41, 5.74) is 0. The number of carbonyl (C=O) groups excluding carboxylic acids is 1. The van der Waals surface area contributed by atoms with Crippen molar-refractivity contribution in [3.05, 3.63) is 0 Å². The van der Waals surface area contributed by atoms with Crippen molar-refractivity contribution in [2.24, 2.45) is 5.92 Å². The van der Waals surface area contributed by atoms with Crippen molar-refractivity contribution in [3.63, 3.8) is 0 Å². The first-order chi connectivity index (χ1) is 4.20. The average molecular weight is 130 g/mol. The Labute approximate surface area is 56.2 Å². The largest absolute Gasteiger partial charge is 0.382 e. The standard InChI is InChI=1S/C7H14O2/c1-6(5-8)4-7(2)9-3/h5-7H,4H2,1-3H3/t6-,7+/m1/s1. The first-order valence-corrected chi connectivity index (χ1v) is 3.18. The highest BCUT2D eigenvalue weighted by molar-refractivity contribution is 5.52. The molecule has 0 aliphatic heterocycles. The molecule has 0 fully saturated rings. The van der Waals surface area contributed by atoms with Crippen molar-refractivity contribution >= 4 is 6.29 Å². The zero-order valence-electron chi connectivity index (χ0n) is 6.26. The number of hydrogen-bond acceptors (Lipinski definition) is 2. The summed E-state index contributed by atoms with van der Waals surface area (Å²) in [4.78, 5) is 10.1. The lowest BCUT2D eigenvalue weighted by Crippen LogP contribution is -2.10. The van der Waals surface area contributed by atoms with Gasteiger partial charge in [0, 0.05) is 13.0 Å². The van der Waals surface area contributed by atoms with E-state index >= 15 is 0 Å². The van der Waals surface area contributed by atoms with Crippen LogP contribution in [0.2, 0.25) is 0 Å². The highest BCUT2D eigenvalue weighted by Crippen LogP contribution is 2.04. The molecule has 0 heterocycles. The number of ether oxygens (including phenoxy) is 1. The molecule has 0 aliphatic rings. The first-order valence-electron chi connectivity index (χ1n) is 3.18. The van der Waals surface area contributed by atoms with E-state index < -0.39 is 0 Å². The van der Waals surface area contributed by atoms with Gasteiger partial charge in [-0.25, -0.2) is 0 Å². The Balaban J connectivity index is 3.33. The Morgan fingerprint density at radius 3 is 2.44 bits per heavy atom. The summed E-state index contributed by atoms with van der Waals surface area (Å²) >= 11 is 0. The maximum Gasteiger partial charge on any atom is 0.122 e. The Kier molecular flexibility index (Phi) is 4.32. The lowest BCUT2D eigenvalue weighted by molar-refractivity contribution is -0.111. The highest BCUT2D eigenvalue weighted by atomic mass is 16.5. The third kappa shape index (κ3) is 4.15. The van der Waals surface area contributed by atoms with E-state index in [0.29, 0.717) is 0 Å². The highest BCUT2D eigenvalue weighted by Gasteiger charge is 2.04. The van der Waals surface area contributed by atoms with Crippen LogP contribution >= 0.6 is 0 Å². The van der Waals surface area contributed by atoms with Crippen LogP contribution in [0.1, 0.15) is 20.3 Å². The van der Waals surface area contributed by atoms with Crippen molar-refractivity contribution in [2.75, 3.05) is 7.11 Å². The Hall–Kier alpha value is -0.370. The van der Waals surface area contributed by atoms with Gasteiger partial charge >= 0.3 is 0 Å². The second-order valence-corrected chi connectivity index (χ2v) is 2.40. The molecule has 0 aromatic rings. The van der Waals surface area contributed by atoms with Crippen molar-refractivity contribution in [1.82, 2.24) is 0 Å². The molecule has 9 heavy (non-hydrogen) atoms. The van der Waals surface area contributed by atoms with Crippen LogP contribution in [-0.2, 0) is 9.53 Å². The fraction of sp³-hybridized carbons (Fsp3) is 0.857. The normalized spacial score (nSPS) is 16.8. The van der Waals surface area contributed by atoms with Crippen LogP contribution in [0.25, 0.3) is 0 Å². The lowest BCUT2D eigenvalue weighted by atomic mass is 10.1. The minimum Gasteiger partial charge on any atom is -0.382 e. The topological polar surface area (TPSA) is 26.3 Å². The summed E-state index contributed by atoms with van der Waals surface area (Å²) < 4.78 is 4.96. The summed E-state index contributed by atoms with van der Waals surface area (Å²) in [5, 5.41) is 0. The fourth-order valence-corrected chi connectivity index (χ4v) is 0.675. The fourth-order valence-electron chi connectivity index (χ4n) is 0.675. The minimum atomic E-state index is 0.125. The molecule has 0 spiro atoms. The van der Waals surface area contributed by atoms with Gasteiger partial charge in [0.2, 0.25) is 0 Å². The van der Waals surface area contributed by atoms with Gasteiger partial charge < -0.3 is 9.53 Å². The number of aldehydes is 1. The Morgan fingerprint density at radius 2 is 2.11 bits per heavy atom. The molecule has 2 atom stereocenters. The average Bonchev–Trinajstić information content (AvgIpc) is 1.87. The minimum absolute atomic E-state index is 0.125. The number of carbonyl (C=O) groups is 1. The molecule has 0 saturated heterocycles. The zero-order chi connectivity index (χ0) is 7.28. The second kappa shape index (κ2) is 4.50. The van der Waals surface area contributed by atoms with Crippen molar-refractivity contribution in [1.29, 1.82) is 0 Å². The second-order valence-electron chi connectivity index (χ2n) is 2.40. The Bertz CT molecular complexity index is 81.0. The van der Waals surface area contributed by atoms with Gasteiger partial charge in [-0.15, -0.1) is 0 Å². The molecule has 0 saturated carbocycles. The molecule has 0 N–H and O–H groups in total. The van der Waals surface area contributed by atoms with Gasteiger partial charge in [-0.3, -0.25) is 0 Å². The molecule has 0 amide bonds. The Morgan fingerprint density at radius 1 is 1.56 bits per heavy atom. The molecule has 0 bridgehead atoms. The van der Waals surface area contributed by atoms with Crippen molar-refractivity contribution < 1.29 is 9.53 Å². The van der Waals surface area contributed by atoms with E-state index in [0.717, 1.165) is 12.7 Å². The number of hydrogen-bond donors (Lipinski definition) is 0. The maximum atomic E-state index is 10.1. The van der Waals surface area contributed by atoms with Gasteiger partial charge in [0.1, 0.15) is 6.29 Å². The van der Waals surface area contributed by atoms with Crippen molar-refractivity contribution in [2.45, 2.75) is 26.4 Å². The lowest BCUT2D eigenvalue weighted by Gasteiger charge is -2.09. The predicted molar refractivity (Wildman–Crippen MR) is 36.3 cm³/mol. The molecule has 2 heteroatoms. The zero-order valence-corrected chi connectivity index (χ0v) is 6.26. The van der Waals surface area contributed by atoms with Gasteiger partial charge in [-0.05, 0) is 13.3 Å². The van der Waals surface area contributed by atoms with E-state index in [-0.39, 0.29) is 12.0 Å². The van der Waals surface area contributed by atoms with E-state index in [4.69, 9.17) is 4.74 Å². The van der Waals surface area contributed by atoms with Gasteiger partial charge in [-0.1, -0.05) is 6.92 Å². The maximum absolute atomic E-state index is 10.1. The molecule has 0 radical (unpaired) electrons. The molecular weight excluding hydrogens is 116 g/mol. The van der Waals surface area contributed by atoms with Gasteiger partial charge in [0.15, 0.2) is 0 Å².